The molecule has 1 aliphatic carbocycles. The summed E-state index contributed by atoms with van der Waals surface area (Å²) in [5.41, 5.74) is 3.08. The van der Waals surface area contributed by atoms with Gasteiger partial charge in [0.15, 0.2) is 0 Å². The average molecular weight is 240 g/mol. The number of aliphatic hydroxyl groups is 1. The molecule has 4 heteroatoms. The molecule has 2 N–H and O–H groups in total. The highest BCUT2D eigenvalue weighted by Crippen LogP contribution is 2.24. The van der Waals surface area contributed by atoms with Gasteiger partial charge in [0.2, 0.25) is 0 Å². The van der Waals surface area contributed by atoms with Crippen LogP contribution in [0.4, 0.5) is 0 Å². The van der Waals surface area contributed by atoms with Gasteiger partial charge in [-0.3, -0.25) is 0 Å². The van der Waals surface area contributed by atoms with Gasteiger partial charge in [-0.25, -0.2) is 4.98 Å². The summed E-state index contributed by atoms with van der Waals surface area (Å²) >= 11 is 1.74. The van der Waals surface area contributed by atoms with Crippen LogP contribution < -0.4 is 5.32 Å². The number of aromatic nitrogens is 1. The van der Waals surface area contributed by atoms with Gasteiger partial charge in [0.1, 0.15) is 0 Å². The number of thiazole rings is 1. The van der Waals surface area contributed by atoms with Crippen LogP contribution in [0.3, 0.4) is 0 Å². The van der Waals surface area contributed by atoms with Gasteiger partial charge in [-0.15, -0.1) is 11.3 Å². The number of rotatable bonds is 5. The zero-order valence-electron chi connectivity index (χ0n) is 9.78. The summed E-state index contributed by atoms with van der Waals surface area (Å²) in [6.45, 7) is 4.14. The molecule has 1 fully saturated rings. The van der Waals surface area contributed by atoms with Crippen molar-refractivity contribution in [3.05, 3.63) is 16.1 Å². The van der Waals surface area contributed by atoms with Crippen molar-refractivity contribution >= 4 is 11.3 Å². The van der Waals surface area contributed by atoms with Crippen LogP contribution in [0.1, 0.15) is 29.8 Å². The van der Waals surface area contributed by atoms with Gasteiger partial charge in [0.05, 0.1) is 17.3 Å². The third-order valence-electron chi connectivity index (χ3n) is 3.32. The van der Waals surface area contributed by atoms with Crippen molar-refractivity contribution in [3.63, 3.8) is 0 Å². The summed E-state index contributed by atoms with van der Waals surface area (Å²) in [6, 6.07) is 0. The Morgan fingerprint density at radius 1 is 1.56 bits per heavy atom. The molecule has 0 bridgehead atoms. The molecule has 3 nitrogen and oxygen atoms in total. The van der Waals surface area contributed by atoms with Crippen LogP contribution in [-0.4, -0.2) is 29.3 Å². The summed E-state index contributed by atoms with van der Waals surface area (Å²) in [6.07, 6.45) is 4.17. The maximum Gasteiger partial charge on any atom is 0.0797 e. The summed E-state index contributed by atoms with van der Waals surface area (Å²) in [4.78, 5) is 5.63. The Balaban J connectivity index is 1.60. The molecule has 0 aromatic carbocycles. The van der Waals surface area contributed by atoms with E-state index in [1.807, 2.05) is 5.51 Å². The van der Waals surface area contributed by atoms with Crippen LogP contribution in [0, 0.1) is 12.8 Å². The third kappa shape index (κ3) is 3.27. The Kier molecular flexibility index (Phi) is 4.32. The molecule has 1 saturated carbocycles. The first-order valence-corrected chi connectivity index (χ1v) is 6.91. The van der Waals surface area contributed by atoms with Crippen LogP contribution in [0.15, 0.2) is 5.51 Å². The molecular formula is C12H20N2OS. The fourth-order valence-electron chi connectivity index (χ4n) is 2.31. The quantitative estimate of drug-likeness (QED) is 0.771. The van der Waals surface area contributed by atoms with Crippen LogP contribution in [0.5, 0.6) is 0 Å². The minimum Gasteiger partial charge on any atom is -0.393 e. The van der Waals surface area contributed by atoms with Gasteiger partial charge >= 0.3 is 0 Å². The number of nitrogens with one attached hydrogen (secondary N) is 1. The molecule has 1 aliphatic rings. The fraction of sp³-hybridized carbons (Fsp3) is 0.750. The third-order valence-corrected chi connectivity index (χ3v) is 4.32. The van der Waals surface area contributed by atoms with Crippen molar-refractivity contribution < 1.29 is 5.11 Å². The van der Waals surface area contributed by atoms with Gasteiger partial charge in [-0.2, -0.15) is 0 Å². The van der Waals surface area contributed by atoms with E-state index < -0.39 is 0 Å². The summed E-state index contributed by atoms with van der Waals surface area (Å²) in [5.74, 6) is 0.678. The van der Waals surface area contributed by atoms with Crippen molar-refractivity contribution in [3.8, 4) is 0 Å². The average Bonchev–Trinajstić information content (AvgIpc) is 2.83. The lowest BCUT2D eigenvalue weighted by Crippen LogP contribution is -2.24. The zero-order chi connectivity index (χ0) is 11.4. The van der Waals surface area contributed by atoms with Crippen LogP contribution in [0.25, 0.3) is 0 Å². The minimum atomic E-state index is -0.0458. The lowest BCUT2D eigenvalue weighted by Gasteiger charge is -2.10. The van der Waals surface area contributed by atoms with E-state index in [1.165, 1.54) is 17.0 Å². The topological polar surface area (TPSA) is 45.2 Å². The van der Waals surface area contributed by atoms with E-state index in [-0.39, 0.29) is 6.10 Å². The highest BCUT2D eigenvalue weighted by atomic mass is 32.1. The molecule has 0 aliphatic heterocycles. The maximum absolute atomic E-state index is 9.41. The molecule has 2 atom stereocenters. The normalized spacial score (nSPS) is 25.1. The largest absolute Gasteiger partial charge is 0.393 e. The van der Waals surface area contributed by atoms with Crippen molar-refractivity contribution in [2.45, 2.75) is 38.7 Å². The summed E-state index contributed by atoms with van der Waals surface area (Å²) in [5, 5.41) is 12.9. The molecule has 1 heterocycles. The SMILES string of the molecule is Cc1ncsc1CCNCC1CCC(O)C1. The molecule has 16 heavy (non-hydrogen) atoms. The Bertz CT molecular complexity index is 327. The smallest absolute Gasteiger partial charge is 0.0797 e. The predicted molar refractivity (Wildman–Crippen MR) is 66.8 cm³/mol. The zero-order valence-corrected chi connectivity index (χ0v) is 10.6. The molecular weight excluding hydrogens is 220 g/mol. The van der Waals surface area contributed by atoms with E-state index in [2.05, 4.69) is 17.2 Å². The Morgan fingerprint density at radius 3 is 3.06 bits per heavy atom. The molecule has 0 radical (unpaired) electrons. The van der Waals surface area contributed by atoms with E-state index in [4.69, 9.17) is 0 Å². The first-order valence-electron chi connectivity index (χ1n) is 6.03. The molecule has 1 aromatic heterocycles. The molecule has 2 rings (SSSR count). The number of hydrogen-bond donors (Lipinski definition) is 2. The predicted octanol–water partition coefficient (Wildman–Crippen LogP) is 1.74. The monoisotopic (exact) mass is 240 g/mol. The molecule has 2 unspecified atom stereocenters. The summed E-state index contributed by atoms with van der Waals surface area (Å²) in [7, 11) is 0. The van der Waals surface area contributed by atoms with Crippen LogP contribution >= 0.6 is 11.3 Å². The molecule has 90 valence electrons. The Hall–Kier alpha value is -0.450. The second-order valence-corrected chi connectivity index (χ2v) is 5.59. The summed E-state index contributed by atoms with van der Waals surface area (Å²) < 4.78 is 0. The lowest BCUT2D eigenvalue weighted by molar-refractivity contribution is 0.177. The Labute approximate surface area is 101 Å². The van der Waals surface area contributed by atoms with E-state index in [0.29, 0.717) is 5.92 Å². The standard InChI is InChI=1S/C12H20N2OS/c1-9-12(16-8-14-9)4-5-13-7-10-2-3-11(15)6-10/h8,10-11,13,15H,2-7H2,1H3. The number of hydrogen-bond acceptors (Lipinski definition) is 4. The lowest BCUT2D eigenvalue weighted by atomic mass is 10.1. The van der Waals surface area contributed by atoms with Crippen molar-refractivity contribution in [2.24, 2.45) is 5.92 Å². The van der Waals surface area contributed by atoms with Crippen LogP contribution in [0.2, 0.25) is 0 Å². The van der Waals surface area contributed by atoms with Gasteiger partial charge in [0, 0.05) is 11.4 Å². The van der Waals surface area contributed by atoms with Crippen molar-refractivity contribution in [1.29, 1.82) is 0 Å². The van der Waals surface area contributed by atoms with Gasteiger partial charge in [0.25, 0.3) is 0 Å². The van der Waals surface area contributed by atoms with E-state index in [1.54, 1.807) is 11.3 Å². The highest BCUT2D eigenvalue weighted by Gasteiger charge is 2.21. The van der Waals surface area contributed by atoms with Gasteiger partial charge in [-0.05, 0) is 45.1 Å². The number of nitrogens with zero attached hydrogens (tertiary/aromatic N) is 1. The number of aryl methyl sites for hydroxylation is 1. The molecule has 0 amide bonds. The van der Waals surface area contributed by atoms with Crippen molar-refractivity contribution in [2.75, 3.05) is 13.1 Å². The first-order chi connectivity index (χ1) is 7.75. The van der Waals surface area contributed by atoms with E-state index in [9.17, 15) is 5.11 Å². The molecule has 0 saturated heterocycles. The van der Waals surface area contributed by atoms with E-state index >= 15 is 0 Å². The van der Waals surface area contributed by atoms with Gasteiger partial charge < -0.3 is 10.4 Å². The molecule has 1 aromatic rings. The first kappa shape index (κ1) is 12.0. The Morgan fingerprint density at radius 2 is 2.44 bits per heavy atom. The number of aliphatic hydroxyl groups excluding tert-OH is 1. The molecule has 0 spiro atoms. The maximum atomic E-state index is 9.41. The van der Waals surface area contributed by atoms with Crippen LogP contribution in [-0.2, 0) is 6.42 Å². The minimum absolute atomic E-state index is 0.0458. The second-order valence-electron chi connectivity index (χ2n) is 4.65. The van der Waals surface area contributed by atoms with Crippen molar-refractivity contribution in [1.82, 2.24) is 10.3 Å². The second kappa shape index (κ2) is 5.75. The van der Waals surface area contributed by atoms with Gasteiger partial charge in [-0.1, -0.05) is 0 Å². The van der Waals surface area contributed by atoms with E-state index in [0.717, 1.165) is 32.4 Å². The highest BCUT2D eigenvalue weighted by molar-refractivity contribution is 7.09. The fourth-order valence-corrected chi connectivity index (χ4v) is 3.09.